The van der Waals surface area contributed by atoms with Crippen molar-refractivity contribution >= 4 is 97.7 Å². The fourth-order valence-electron chi connectivity index (χ4n) is 0. The third kappa shape index (κ3) is 35.0. The Morgan fingerprint density at radius 1 is 0.286 bits per heavy atom. The van der Waals surface area contributed by atoms with E-state index < -0.39 is 0 Å². The second-order valence-electron chi connectivity index (χ2n) is 0. The standard InChI is InChI=1S/3Ir.4Sb.24H/q3*+4;4*-3;;;;;;;;;;;;;;;;;;;;;;;;. The van der Waals surface area contributed by atoms with Crippen LogP contribution in [0.15, 0.2) is 0 Å². The minimum absolute atomic E-state index is 0. The normalized spacial score (nSPS) is 0. The van der Waals surface area contributed by atoms with Crippen molar-refractivity contribution < 1.29 is 60.3 Å². The van der Waals surface area contributed by atoms with Gasteiger partial charge in [0.1, 0.15) is 0 Å². The van der Waals surface area contributed by atoms with E-state index in [4.69, 9.17) is 0 Å². The van der Waals surface area contributed by atoms with Crippen LogP contribution in [0.25, 0.3) is 0 Å². The van der Waals surface area contributed by atoms with Gasteiger partial charge in [-0.3, -0.25) is 0 Å². The van der Waals surface area contributed by atoms with Gasteiger partial charge in [-0.15, -0.1) is 0 Å². The summed E-state index contributed by atoms with van der Waals surface area (Å²) in [5, 5.41) is 0. The summed E-state index contributed by atoms with van der Waals surface area (Å²) in [6.07, 6.45) is 0. The molecule has 0 aliphatic rings. The summed E-state index contributed by atoms with van der Waals surface area (Å²) in [4.78, 5) is 0. The molecule has 0 rings (SSSR count). The molecule has 0 fully saturated rings. The zero-order chi connectivity index (χ0) is 0. The van der Waals surface area contributed by atoms with Gasteiger partial charge in [0.25, 0.3) is 0 Å². The molecule has 0 N–H and O–H groups in total. The van der Waals surface area contributed by atoms with E-state index >= 15 is 0 Å². The molecule has 3 radical (unpaired) electrons. The molecule has 0 heterocycles. The van der Waals surface area contributed by atoms with Crippen molar-refractivity contribution in [3.8, 4) is 0 Å². The zero-order valence-corrected chi connectivity index (χ0v) is 8.19. The Hall–Kier alpha value is 5.22. The average molecular weight is 1090 g/mol. The van der Waals surface area contributed by atoms with E-state index in [0.717, 1.165) is 0 Å². The van der Waals surface area contributed by atoms with Crippen LogP contribution in [0, 0.1) is 0 Å². The van der Waals surface area contributed by atoms with E-state index in [0.29, 0.717) is 0 Å². The molecule has 0 spiro atoms. The van der Waals surface area contributed by atoms with Crippen LogP contribution >= 0.6 is 0 Å². The van der Waals surface area contributed by atoms with Crippen LogP contribution in [-0.2, 0) is 60.3 Å². The van der Waals surface area contributed by atoms with Crippen LogP contribution in [0.2, 0.25) is 0 Å². The Labute approximate surface area is 154 Å². The van der Waals surface area contributed by atoms with Gasteiger partial charge < -0.3 is 0 Å². The van der Waals surface area contributed by atoms with Gasteiger partial charge in [-0.1, -0.05) is 0 Å². The van der Waals surface area contributed by atoms with E-state index in [2.05, 4.69) is 0 Å². The molecular weight excluding hydrogens is 1060 g/mol. The summed E-state index contributed by atoms with van der Waals surface area (Å²) < 4.78 is 0. The Kier molecular flexibility index (Phi) is 347. The van der Waals surface area contributed by atoms with Gasteiger partial charge in [-0.2, -0.15) is 0 Å². The molecular formula is H24Ir3Sb4. The topological polar surface area (TPSA) is 0 Å². The molecule has 7 heavy (non-hydrogen) atoms. The van der Waals surface area contributed by atoms with Gasteiger partial charge in [0.15, 0.2) is 0 Å². The first-order valence-electron chi connectivity index (χ1n) is 0. The van der Waals surface area contributed by atoms with Crippen LogP contribution in [-0.4, -0.2) is 97.7 Å². The molecule has 71 valence electrons. The van der Waals surface area contributed by atoms with Gasteiger partial charge >= 0.3 is 158 Å². The van der Waals surface area contributed by atoms with E-state index in [1.807, 2.05) is 0 Å². The second-order valence-corrected chi connectivity index (χ2v) is 0. The van der Waals surface area contributed by atoms with Crippen molar-refractivity contribution in [1.29, 1.82) is 0 Å². The van der Waals surface area contributed by atoms with Gasteiger partial charge in [0.05, 0.1) is 0 Å². The molecule has 0 saturated carbocycles. The zero-order valence-electron chi connectivity index (χ0n) is 1.00. The molecule has 0 aliphatic carbocycles. The van der Waals surface area contributed by atoms with E-state index in [1.54, 1.807) is 0 Å². The van der Waals surface area contributed by atoms with Crippen LogP contribution in [0.5, 0.6) is 0 Å². The van der Waals surface area contributed by atoms with Crippen LogP contribution in [0.1, 0.15) is 0 Å². The van der Waals surface area contributed by atoms with Crippen molar-refractivity contribution in [2.45, 2.75) is 0 Å². The molecule has 0 nitrogen and oxygen atoms in total. The first kappa shape index (κ1) is 56.5. The predicted octanol–water partition coefficient (Wildman–Crippen LogP) is -7.96. The summed E-state index contributed by atoms with van der Waals surface area (Å²) in [7, 11) is 0. The monoisotopic (exact) mass is 1090 g/mol. The summed E-state index contributed by atoms with van der Waals surface area (Å²) >= 11 is 0. The molecule has 0 aromatic carbocycles. The molecule has 0 bridgehead atoms. The van der Waals surface area contributed by atoms with E-state index in [9.17, 15) is 0 Å². The van der Waals surface area contributed by atoms with Gasteiger partial charge in [0, 0.05) is 0 Å². The quantitative estimate of drug-likeness (QED) is 0.212. The number of hydrogen-bond acceptors (Lipinski definition) is 0. The number of rotatable bonds is 0. The van der Waals surface area contributed by atoms with Crippen LogP contribution in [0.4, 0.5) is 0 Å². The van der Waals surface area contributed by atoms with Crippen molar-refractivity contribution in [3.63, 3.8) is 0 Å². The Balaban J connectivity index is 0. The van der Waals surface area contributed by atoms with Crippen molar-refractivity contribution in [2.24, 2.45) is 0 Å². The molecule has 0 aromatic heterocycles. The SMILES string of the molecule is [Ir+4].[Ir+4].[Ir+4].[SbH6-3].[SbH6-3].[SbH6-3].[SbH6-3]. The van der Waals surface area contributed by atoms with Gasteiger partial charge in [-0.05, 0) is 0 Å². The maximum absolute atomic E-state index is 0. The minimum atomic E-state index is 0. The van der Waals surface area contributed by atoms with Crippen LogP contribution in [0.3, 0.4) is 0 Å². The first-order valence-corrected chi connectivity index (χ1v) is 0. The fourth-order valence-corrected chi connectivity index (χ4v) is 0. The van der Waals surface area contributed by atoms with Crippen molar-refractivity contribution in [3.05, 3.63) is 0 Å². The Morgan fingerprint density at radius 3 is 0.286 bits per heavy atom. The van der Waals surface area contributed by atoms with Gasteiger partial charge in [-0.25, -0.2) is 0 Å². The predicted molar refractivity (Wildman–Crippen MR) is 56.5 cm³/mol. The van der Waals surface area contributed by atoms with E-state index in [1.165, 1.54) is 0 Å². The molecule has 0 saturated heterocycles. The van der Waals surface area contributed by atoms with E-state index in [-0.39, 0.29) is 158 Å². The molecule has 0 unspecified atom stereocenters. The molecule has 7 heteroatoms. The summed E-state index contributed by atoms with van der Waals surface area (Å²) in [6.45, 7) is 0. The van der Waals surface area contributed by atoms with Crippen molar-refractivity contribution in [1.82, 2.24) is 0 Å². The third-order valence-electron chi connectivity index (χ3n) is 0. The Bertz CT molecular complexity index is 6.90. The van der Waals surface area contributed by atoms with Crippen molar-refractivity contribution in [2.75, 3.05) is 0 Å². The summed E-state index contributed by atoms with van der Waals surface area (Å²) in [5.74, 6) is 0. The molecule has 0 aromatic rings. The Morgan fingerprint density at radius 2 is 0.286 bits per heavy atom. The third-order valence-corrected chi connectivity index (χ3v) is 0. The molecule has 0 atom stereocenters. The van der Waals surface area contributed by atoms with Gasteiger partial charge in [0.2, 0.25) is 0 Å². The number of hydrogen-bond donors (Lipinski definition) is 0. The first-order chi connectivity index (χ1) is 0. The second kappa shape index (κ2) is 43.0. The molecule has 0 aliphatic heterocycles. The summed E-state index contributed by atoms with van der Waals surface area (Å²) in [6, 6.07) is 0. The fraction of sp³-hybridized carbons (Fsp3) is 0. The van der Waals surface area contributed by atoms with Crippen LogP contribution < -0.4 is 0 Å². The average Bonchev–Trinajstić information content (AvgIpc) is 0. The maximum atomic E-state index is 0. The summed E-state index contributed by atoms with van der Waals surface area (Å²) in [5.41, 5.74) is 0. The molecule has 0 amide bonds.